The van der Waals surface area contributed by atoms with Crippen molar-refractivity contribution in [2.45, 2.75) is 56.9 Å². The molecule has 154 valence electrons. The van der Waals surface area contributed by atoms with E-state index in [4.69, 9.17) is 4.42 Å². The topological polar surface area (TPSA) is 58.0 Å². The monoisotopic (exact) mass is 400 g/mol. The summed E-state index contributed by atoms with van der Waals surface area (Å²) in [4.78, 5) is 14.0. The van der Waals surface area contributed by atoms with Crippen LogP contribution in [0.3, 0.4) is 0 Å². The lowest BCUT2D eigenvalue weighted by molar-refractivity contribution is 0.341. The summed E-state index contributed by atoms with van der Waals surface area (Å²) in [5.74, 6) is -0.923. The zero-order chi connectivity index (χ0) is 20.2. The van der Waals surface area contributed by atoms with Crippen molar-refractivity contribution in [3.05, 3.63) is 69.7 Å². The molecule has 0 saturated heterocycles. The number of aromatic nitrogens is 1. The highest BCUT2D eigenvalue weighted by Gasteiger charge is 2.22. The molecule has 0 radical (unpaired) electrons. The first kappa shape index (κ1) is 19.8. The van der Waals surface area contributed by atoms with Gasteiger partial charge in [-0.25, -0.2) is 13.6 Å². The second-order valence-corrected chi connectivity index (χ2v) is 8.01. The van der Waals surface area contributed by atoms with Gasteiger partial charge in [0.2, 0.25) is 0 Å². The molecule has 0 unspecified atom stereocenters. The van der Waals surface area contributed by atoms with Gasteiger partial charge in [0.1, 0.15) is 11.6 Å². The summed E-state index contributed by atoms with van der Waals surface area (Å²) in [7, 11) is 0. The molecule has 1 aliphatic carbocycles. The largest absolute Gasteiger partial charge is 0.417 e. The van der Waals surface area contributed by atoms with Crippen LogP contribution in [0.2, 0.25) is 0 Å². The van der Waals surface area contributed by atoms with Gasteiger partial charge < -0.3 is 9.73 Å². The Morgan fingerprint density at radius 1 is 1.00 bits per heavy atom. The van der Waals surface area contributed by atoms with Gasteiger partial charge in [-0.15, -0.1) is 0 Å². The highest BCUT2D eigenvalue weighted by atomic mass is 19.1. The van der Waals surface area contributed by atoms with Crippen LogP contribution < -0.4 is 11.1 Å². The van der Waals surface area contributed by atoms with Gasteiger partial charge in [0.25, 0.3) is 0 Å². The third-order valence-corrected chi connectivity index (χ3v) is 5.89. The number of hydrogen-bond acceptors (Lipinski definition) is 3. The van der Waals surface area contributed by atoms with E-state index in [2.05, 4.69) is 16.4 Å². The number of aromatic amines is 1. The molecule has 1 heterocycles. The molecule has 0 amide bonds. The Bertz CT molecular complexity index is 999. The third kappa shape index (κ3) is 5.12. The number of nitrogens with one attached hydrogen (secondary N) is 2. The number of aryl methyl sites for hydroxylation is 1. The predicted octanol–water partition coefficient (Wildman–Crippen LogP) is 5.04. The molecule has 1 aromatic heterocycles. The minimum Gasteiger partial charge on any atom is -0.408 e. The predicted molar refractivity (Wildman–Crippen MR) is 109 cm³/mol. The molecular weight excluding hydrogens is 374 g/mol. The van der Waals surface area contributed by atoms with Gasteiger partial charge in [-0.05, 0) is 92.8 Å². The van der Waals surface area contributed by atoms with Crippen molar-refractivity contribution < 1.29 is 13.2 Å². The molecule has 1 aliphatic rings. The summed E-state index contributed by atoms with van der Waals surface area (Å²) in [6.45, 7) is 0.924. The van der Waals surface area contributed by atoms with E-state index >= 15 is 0 Å². The van der Waals surface area contributed by atoms with E-state index in [9.17, 15) is 13.6 Å². The Balaban J connectivity index is 1.18. The van der Waals surface area contributed by atoms with Crippen LogP contribution in [0, 0.1) is 11.6 Å². The molecule has 0 spiro atoms. The van der Waals surface area contributed by atoms with Crippen LogP contribution in [-0.4, -0.2) is 17.6 Å². The van der Waals surface area contributed by atoms with E-state index in [-0.39, 0.29) is 0 Å². The number of rotatable bonds is 7. The van der Waals surface area contributed by atoms with Crippen LogP contribution in [-0.2, 0) is 6.42 Å². The lowest BCUT2D eigenvalue weighted by Crippen LogP contribution is -2.33. The van der Waals surface area contributed by atoms with Gasteiger partial charge in [-0.1, -0.05) is 6.07 Å². The Hall–Kier alpha value is -2.47. The minimum atomic E-state index is -0.507. The highest BCUT2D eigenvalue weighted by molar-refractivity contribution is 5.72. The molecule has 3 aromatic rings. The number of hydrogen-bond donors (Lipinski definition) is 2. The summed E-state index contributed by atoms with van der Waals surface area (Å²) in [5, 5.41) is 3.62. The number of fused-ring (bicyclic) bond motifs is 1. The van der Waals surface area contributed by atoms with Crippen molar-refractivity contribution in [2.24, 2.45) is 0 Å². The van der Waals surface area contributed by atoms with Crippen LogP contribution in [0.15, 0.2) is 45.6 Å². The normalized spacial score (nSPS) is 19.7. The average molecular weight is 400 g/mol. The number of halogens is 2. The molecule has 1 fully saturated rings. The summed E-state index contributed by atoms with van der Waals surface area (Å²) >= 11 is 0. The standard InChI is InChI=1S/C23H26F2N2O2/c24-18-11-15(12-19(25)14-18)3-1-2-10-26-20-7-4-16(5-8-20)17-6-9-21-22(13-17)29-23(28)27-21/h6,9,11-14,16,20,26H,1-5,7-8,10H2,(H,27,28). The van der Waals surface area contributed by atoms with Gasteiger partial charge >= 0.3 is 5.76 Å². The molecule has 1 saturated carbocycles. The van der Waals surface area contributed by atoms with Gasteiger partial charge in [0.05, 0.1) is 5.52 Å². The van der Waals surface area contributed by atoms with Gasteiger partial charge in [-0.3, -0.25) is 4.98 Å². The summed E-state index contributed by atoms with van der Waals surface area (Å²) in [6, 6.07) is 10.2. The lowest BCUT2D eigenvalue weighted by Gasteiger charge is -2.29. The maximum atomic E-state index is 13.2. The molecule has 4 nitrogen and oxygen atoms in total. The van der Waals surface area contributed by atoms with Crippen molar-refractivity contribution in [3.8, 4) is 0 Å². The third-order valence-electron chi connectivity index (χ3n) is 5.89. The van der Waals surface area contributed by atoms with Crippen LogP contribution in [0.1, 0.15) is 55.6 Å². The maximum absolute atomic E-state index is 13.2. The Morgan fingerprint density at radius 3 is 2.52 bits per heavy atom. The Kier molecular flexibility index (Phi) is 6.09. The molecule has 0 aliphatic heterocycles. The van der Waals surface area contributed by atoms with Crippen LogP contribution in [0.4, 0.5) is 8.78 Å². The molecule has 2 aromatic carbocycles. The molecule has 6 heteroatoms. The van der Waals surface area contributed by atoms with E-state index in [0.29, 0.717) is 24.0 Å². The fourth-order valence-corrected chi connectivity index (χ4v) is 4.36. The van der Waals surface area contributed by atoms with Gasteiger partial charge in [0.15, 0.2) is 5.58 Å². The summed E-state index contributed by atoms with van der Waals surface area (Å²) < 4.78 is 31.6. The fraction of sp³-hybridized carbons (Fsp3) is 0.435. The Labute approximate surface area is 168 Å². The van der Waals surface area contributed by atoms with Crippen molar-refractivity contribution in [3.63, 3.8) is 0 Å². The van der Waals surface area contributed by atoms with E-state index in [1.54, 1.807) is 0 Å². The van der Waals surface area contributed by atoms with E-state index < -0.39 is 17.4 Å². The number of benzene rings is 2. The van der Waals surface area contributed by atoms with Crippen molar-refractivity contribution in [2.75, 3.05) is 6.54 Å². The first-order valence-corrected chi connectivity index (χ1v) is 10.4. The van der Waals surface area contributed by atoms with Crippen LogP contribution >= 0.6 is 0 Å². The minimum absolute atomic E-state index is 0.410. The van der Waals surface area contributed by atoms with Gasteiger partial charge in [-0.2, -0.15) is 0 Å². The molecule has 0 atom stereocenters. The number of oxazole rings is 1. The second kappa shape index (κ2) is 8.91. The SMILES string of the molecule is O=c1[nH]c2ccc(C3CCC(NCCCCc4cc(F)cc(F)c4)CC3)cc2o1. The Morgan fingerprint density at radius 2 is 1.76 bits per heavy atom. The zero-order valence-electron chi connectivity index (χ0n) is 16.3. The number of H-pyrrole nitrogens is 1. The molecular formula is C23H26F2N2O2. The van der Waals surface area contributed by atoms with E-state index in [1.165, 1.54) is 17.7 Å². The zero-order valence-corrected chi connectivity index (χ0v) is 16.3. The molecule has 29 heavy (non-hydrogen) atoms. The summed E-state index contributed by atoms with van der Waals surface area (Å²) in [5.41, 5.74) is 3.33. The van der Waals surface area contributed by atoms with Crippen molar-refractivity contribution >= 4 is 11.1 Å². The first-order chi connectivity index (χ1) is 14.1. The fourth-order valence-electron chi connectivity index (χ4n) is 4.36. The van der Waals surface area contributed by atoms with Gasteiger partial charge in [0, 0.05) is 12.1 Å². The lowest BCUT2D eigenvalue weighted by atomic mass is 9.81. The van der Waals surface area contributed by atoms with Crippen molar-refractivity contribution in [1.29, 1.82) is 0 Å². The molecule has 2 N–H and O–H groups in total. The van der Waals surface area contributed by atoms with E-state index in [1.807, 2.05) is 12.1 Å². The van der Waals surface area contributed by atoms with Crippen molar-refractivity contribution in [1.82, 2.24) is 10.3 Å². The van der Waals surface area contributed by atoms with E-state index in [0.717, 1.165) is 62.2 Å². The van der Waals surface area contributed by atoms with Crippen LogP contribution in [0.25, 0.3) is 11.1 Å². The first-order valence-electron chi connectivity index (χ1n) is 10.4. The molecule has 0 bridgehead atoms. The maximum Gasteiger partial charge on any atom is 0.417 e. The average Bonchev–Trinajstić information content (AvgIpc) is 3.06. The van der Waals surface area contributed by atoms with Crippen LogP contribution in [0.5, 0.6) is 0 Å². The smallest absolute Gasteiger partial charge is 0.408 e. The summed E-state index contributed by atoms with van der Waals surface area (Å²) in [6.07, 6.45) is 7.06. The molecule has 4 rings (SSSR count). The quantitative estimate of drug-likeness (QED) is 0.547. The number of unbranched alkanes of at least 4 members (excludes halogenated alkanes) is 1. The second-order valence-electron chi connectivity index (χ2n) is 8.01. The highest BCUT2D eigenvalue weighted by Crippen LogP contribution is 2.34.